The van der Waals surface area contributed by atoms with Crippen molar-refractivity contribution in [1.29, 1.82) is 0 Å². The Hall–Kier alpha value is -4.64. The first-order valence-corrected chi connectivity index (χ1v) is 11.6. The third-order valence-corrected chi connectivity index (χ3v) is 5.93. The van der Waals surface area contributed by atoms with Crippen molar-refractivity contribution in [3.8, 4) is 11.6 Å². The van der Waals surface area contributed by atoms with Gasteiger partial charge in [-0.25, -0.2) is 14.3 Å². The number of hydrogen-bond acceptors (Lipinski definition) is 8. The Morgan fingerprint density at radius 1 is 1.11 bits per heavy atom. The molecule has 11 heteroatoms. The lowest BCUT2D eigenvalue weighted by atomic mass is 10.2. The number of carbonyl (C=O) groups excluding carboxylic acids is 1. The Balaban J connectivity index is 1.71. The van der Waals surface area contributed by atoms with Crippen LogP contribution in [0.4, 0.5) is 23.0 Å². The molecule has 0 radical (unpaired) electrons. The number of aromatic hydroxyl groups is 1. The van der Waals surface area contributed by atoms with E-state index in [-0.39, 0.29) is 29.0 Å². The van der Waals surface area contributed by atoms with Gasteiger partial charge in [-0.15, -0.1) is 0 Å². The van der Waals surface area contributed by atoms with Crippen LogP contribution in [-0.4, -0.2) is 69.2 Å². The SMILES string of the molecule is C=CC(=O)Nc1cc(Nc2nccc(-n3c(=O)n(C)c4ccccc43)n2)c(O)cc1N(C)CCN(C)C. The van der Waals surface area contributed by atoms with E-state index in [9.17, 15) is 14.7 Å². The molecule has 192 valence electrons. The number of phenolic OH excluding ortho intramolecular Hbond substituents is 1. The van der Waals surface area contributed by atoms with Crippen LogP contribution in [0.2, 0.25) is 0 Å². The predicted octanol–water partition coefficient (Wildman–Crippen LogP) is 2.69. The Kier molecular flexibility index (Phi) is 7.25. The summed E-state index contributed by atoms with van der Waals surface area (Å²) in [7, 11) is 7.53. The van der Waals surface area contributed by atoms with Gasteiger partial charge < -0.3 is 25.5 Å². The van der Waals surface area contributed by atoms with Gasteiger partial charge in [0.1, 0.15) is 11.6 Å². The molecule has 0 aliphatic heterocycles. The molecule has 2 heterocycles. The second-order valence-corrected chi connectivity index (χ2v) is 8.83. The normalized spacial score (nSPS) is 11.1. The molecule has 4 aromatic rings. The minimum absolute atomic E-state index is 0.0559. The molecule has 11 nitrogen and oxygen atoms in total. The number of para-hydroxylation sites is 2. The summed E-state index contributed by atoms with van der Waals surface area (Å²) in [6, 6.07) is 12.2. The largest absolute Gasteiger partial charge is 0.506 e. The first-order valence-electron chi connectivity index (χ1n) is 11.6. The molecule has 0 unspecified atom stereocenters. The van der Waals surface area contributed by atoms with Crippen LogP contribution >= 0.6 is 0 Å². The summed E-state index contributed by atoms with van der Waals surface area (Å²) in [5.74, 6) is 0.105. The third kappa shape index (κ3) is 5.31. The van der Waals surface area contributed by atoms with Gasteiger partial charge >= 0.3 is 5.69 Å². The summed E-state index contributed by atoms with van der Waals surface area (Å²) in [6.07, 6.45) is 2.71. The monoisotopic (exact) mass is 502 g/mol. The van der Waals surface area contributed by atoms with Crippen molar-refractivity contribution in [2.45, 2.75) is 0 Å². The molecule has 0 atom stereocenters. The highest BCUT2D eigenvalue weighted by atomic mass is 16.3. The summed E-state index contributed by atoms with van der Waals surface area (Å²) < 4.78 is 3.05. The average Bonchev–Trinajstić information content (AvgIpc) is 3.14. The molecule has 2 aromatic heterocycles. The summed E-state index contributed by atoms with van der Waals surface area (Å²) in [4.78, 5) is 37.8. The molecule has 0 aliphatic rings. The fraction of sp³-hybridized carbons (Fsp3) is 0.231. The number of imidazole rings is 1. The van der Waals surface area contributed by atoms with Gasteiger partial charge in [-0.05, 0) is 38.4 Å². The summed E-state index contributed by atoms with van der Waals surface area (Å²) in [5.41, 5.74) is 2.64. The number of likely N-dealkylation sites (N-methyl/N-ethyl adjacent to an activating group) is 2. The van der Waals surface area contributed by atoms with Crippen molar-refractivity contribution < 1.29 is 9.90 Å². The van der Waals surface area contributed by atoms with Gasteiger partial charge in [0, 0.05) is 45.5 Å². The van der Waals surface area contributed by atoms with Crippen molar-refractivity contribution in [1.82, 2.24) is 24.0 Å². The van der Waals surface area contributed by atoms with Crippen molar-refractivity contribution in [3.63, 3.8) is 0 Å². The van der Waals surface area contributed by atoms with Crippen LogP contribution in [0.15, 0.2) is 66.1 Å². The van der Waals surface area contributed by atoms with E-state index in [2.05, 4.69) is 27.2 Å². The highest BCUT2D eigenvalue weighted by Crippen LogP contribution is 2.37. The fourth-order valence-corrected chi connectivity index (χ4v) is 3.92. The summed E-state index contributed by atoms with van der Waals surface area (Å²) >= 11 is 0. The van der Waals surface area contributed by atoms with Crippen LogP contribution in [0, 0.1) is 0 Å². The zero-order valence-corrected chi connectivity index (χ0v) is 21.3. The number of aryl methyl sites for hydroxylation is 1. The van der Waals surface area contributed by atoms with Gasteiger partial charge in [-0.3, -0.25) is 9.36 Å². The van der Waals surface area contributed by atoms with E-state index in [4.69, 9.17) is 0 Å². The Labute approximate surface area is 214 Å². The topological polar surface area (TPSA) is 121 Å². The number of nitrogens with one attached hydrogen (secondary N) is 2. The van der Waals surface area contributed by atoms with E-state index in [1.807, 2.05) is 55.2 Å². The Morgan fingerprint density at radius 2 is 1.84 bits per heavy atom. The van der Waals surface area contributed by atoms with Crippen molar-refractivity contribution >= 4 is 40.0 Å². The number of hydrogen-bond donors (Lipinski definition) is 3. The second-order valence-electron chi connectivity index (χ2n) is 8.83. The summed E-state index contributed by atoms with van der Waals surface area (Å²) in [5, 5.41) is 16.6. The maximum absolute atomic E-state index is 12.9. The molecule has 0 spiro atoms. The molecule has 4 rings (SSSR count). The van der Waals surface area contributed by atoms with Gasteiger partial charge in [0.2, 0.25) is 11.9 Å². The number of carbonyl (C=O) groups is 1. The van der Waals surface area contributed by atoms with Crippen molar-refractivity contribution in [3.05, 3.63) is 71.8 Å². The predicted molar refractivity (Wildman–Crippen MR) is 146 cm³/mol. The van der Waals surface area contributed by atoms with Crippen molar-refractivity contribution in [2.24, 2.45) is 7.05 Å². The lowest BCUT2D eigenvalue weighted by molar-refractivity contribution is -0.111. The van der Waals surface area contributed by atoms with E-state index in [0.717, 1.165) is 12.1 Å². The number of benzene rings is 2. The van der Waals surface area contributed by atoms with Crippen LogP contribution in [0.3, 0.4) is 0 Å². The molecule has 37 heavy (non-hydrogen) atoms. The maximum Gasteiger partial charge on any atom is 0.334 e. The molecular formula is C26H30N8O3. The standard InChI is InChI=1S/C26H30N8O3/c1-6-24(36)28-17-15-18(22(35)16-21(17)32(4)14-13-31(2)3)29-25-27-12-11-23(30-25)34-20-10-8-7-9-19(20)33(5)26(34)37/h6-12,15-16,35H,1,13-14H2,2-5H3,(H,28,36)(H,27,29,30). The number of amides is 1. The number of nitrogens with zero attached hydrogens (tertiary/aromatic N) is 6. The third-order valence-electron chi connectivity index (χ3n) is 5.93. The highest BCUT2D eigenvalue weighted by molar-refractivity contribution is 6.02. The minimum Gasteiger partial charge on any atom is -0.506 e. The van der Waals surface area contributed by atoms with Gasteiger partial charge in [-0.2, -0.15) is 4.98 Å². The highest BCUT2D eigenvalue weighted by Gasteiger charge is 2.17. The number of aromatic nitrogens is 4. The smallest absolute Gasteiger partial charge is 0.334 e. The van der Waals surface area contributed by atoms with Crippen LogP contribution in [0.5, 0.6) is 5.75 Å². The number of fused-ring (bicyclic) bond motifs is 1. The zero-order chi connectivity index (χ0) is 26.7. The molecule has 1 amide bonds. The second kappa shape index (κ2) is 10.5. The number of anilines is 4. The number of rotatable bonds is 9. The Bertz CT molecular complexity index is 1520. The van der Waals surface area contributed by atoms with E-state index < -0.39 is 0 Å². The summed E-state index contributed by atoms with van der Waals surface area (Å²) in [6.45, 7) is 4.97. The lowest BCUT2D eigenvalue weighted by Crippen LogP contribution is -2.29. The molecule has 0 bridgehead atoms. The average molecular weight is 503 g/mol. The molecule has 2 aromatic carbocycles. The van der Waals surface area contributed by atoms with Crippen LogP contribution in [0.25, 0.3) is 16.9 Å². The van der Waals surface area contributed by atoms with E-state index in [1.165, 1.54) is 16.8 Å². The lowest BCUT2D eigenvalue weighted by Gasteiger charge is -2.25. The first kappa shape index (κ1) is 25.5. The van der Waals surface area contributed by atoms with E-state index in [0.29, 0.717) is 29.3 Å². The van der Waals surface area contributed by atoms with Crippen LogP contribution < -0.4 is 21.2 Å². The van der Waals surface area contributed by atoms with Gasteiger partial charge in [0.05, 0.1) is 28.1 Å². The van der Waals surface area contributed by atoms with Crippen LogP contribution in [0.1, 0.15) is 0 Å². The van der Waals surface area contributed by atoms with E-state index >= 15 is 0 Å². The fourth-order valence-electron chi connectivity index (χ4n) is 3.92. The van der Waals surface area contributed by atoms with Gasteiger partial charge in [0.15, 0.2) is 0 Å². The van der Waals surface area contributed by atoms with Crippen LogP contribution in [-0.2, 0) is 11.8 Å². The molecule has 0 fully saturated rings. The molecule has 3 N–H and O–H groups in total. The first-order chi connectivity index (χ1) is 17.7. The van der Waals surface area contributed by atoms with Gasteiger partial charge in [-0.1, -0.05) is 18.7 Å². The molecular weight excluding hydrogens is 472 g/mol. The zero-order valence-electron chi connectivity index (χ0n) is 21.3. The quantitative estimate of drug-likeness (QED) is 0.182. The van der Waals surface area contributed by atoms with Gasteiger partial charge in [0.25, 0.3) is 0 Å². The molecule has 0 saturated carbocycles. The maximum atomic E-state index is 12.9. The molecule has 0 aliphatic carbocycles. The van der Waals surface area contributed by atoms with E-state index in [1.54, 1.807) is 29.8 Å². The Morgan fingerprint density at radius 3 is 2.54 bits per heavy atom. The molecule has 0 saturated heterocycles. The minimum atomic E-state index is -0.382. The number of phenols is 1. The van der Waals surface area contributed by atoms with Crippen molar-refractivity contribution in [2.75, 3.05) is 49.8 Å².